The molecule has 0 saturated carbocycles. The average Bonchev–Trinajstić information content (AvgIpc) is 2.44. The Morgan fingerprint density at radius 1 is 1.35 bits per heavy atom. The number of anilines is 1. The summed E-state index contributed by atoms with van der Waals surface area (Å²) in [6, 6.07) is 2.90. The number of hydrogen-bond acceptors (Lipinski definition) is 5. The van der Waals surface area contributed by atoms with Crippen molar-refractivity contribution in [3.63, 3.8) is 0 Å². The van der Waals surface area contributed by atoms with Crippen LogP contribution in [0.5, 0.6) is 0 Å². The maximum atomic E-state index is 11.7. The Kier molecular flexibility index (Phi) is 5.96. The van der Waals surface area contributed by atoms with E-state index in [1.807, 2.05) is 13.8 Å². The number of rotatable bonds is 6. The van der Waals surface area contributed by atoms with Crippen LogP contribution >= 0.6 is 0 Å². The molecule has 0 aromatic carbocycles. The third-order valence-corrected chi connectivity index (χ3v) is 2.77. The molecule has 0 fully saturated rings. The minimum atomic E-state index is -0.404. The molecule has 1 aromatic rings. The monoisotopic (exact) mass is 279 g/mol. The molecule has 6 nitrogen and oxygen atoms in total. The second kappa shape index (κ2) is 7.47. The van der Waals surface area contributed by atoms with Gasteiger partial charge in [0.2, 0.25) is 5.91 Å². The first-order chi connectivity index (χ1) is 9.49. The number of carbonyl (C=O) groups is 2. The number of amides is 1. The van der Waals surface area contributed by atoms with Crippen LogP contribution in [0.4, 0.5) is 5.82 Å². The van der Waals surface area contributed by atoms with E-state index in [9.17, 15) is 9.59 Å². The van der Waals surface area contributed by atoms with Crippen molar-refractivity contribution in [2.45, 2.75) is 26.8 Å². The summed E-state index contributed by atoms with van der Waals surface area (Å²) < 4.78 is 4.88. The zero-order chi connectivity index (χ0) is 15.1. The van der Waals surface area contributed by atoms with Crippen molar-refractivity contribution >= 4 is 17.7 Å². The van der Waals surface area contributed by atoms with Crippen LogP contribution in [-0.2, 0) is 9.53 Å². The van der Waals surface area contributed by atoms with Crippen molar-refractivity contribution in [2.24, 2.45) is 5.92 Å². The molecule has 20 heavy (non-hydrogen) atoms. The number of pyridine rings is 1. The summed E-state index contributed by atoms with van der Waals surface area (Å²) in [7, 11) is 1.59. The SMILES string of the molecule is CCOC(=O)c1ccc(NC(C(=O)NC)C(C)C)nc1. The molecule has 0 saturated heterocycles. The summed E-state index contributed by atoms with van der Waals surface area (Å²) in [5.41, 5.74) is 0.387. The van der Waals surface area contributed by atoms with Crippen molar-refractivity contribution in [3.05, 3.63) is 23.9 Å². The summed E-state index contributed by atoms with van der Waals surface area (Å²) in [6.45, 7) is 5.96. The molecular formula is C14H21N3O3. The third kappa shape index (κ3) is 4.22. The molecule has 1 unspecified atom stereocenters. The van der Waals surface area contributed by atoms with Crippen LogP contribution in [0.3, 0.4) is 0 Å². The fourth-order valence-electron chi connectivity index (χ4n) is 1.66. The highest BCUT2D eigenvalue weighted by Crippen LogP contribution is 2.12. The van der Waals surface area contributed by atoms with E-state index in [4.69, 9.17) is 4.74 Å². The van der Waals surface area contributed by atoms with Gasteiger partial charge in [-0.2, -0.15) is 0 Å². The van der Waals surface area contributed by atoms with Crippen molar-refractivity contribution in [2.75, 3.05) is 19.0 Å². The molecule has 0 bridgehead atoms. The molecule has 0 aliphatic rings. The van der Waals surface area contributed by atoms with Crippen molar-refractivity contribution in [1.82, 2.24) is 10.3 Å². The fourth-order valence-corrected chi connectivity index (χ4v) is 1.66. The lowest BCUT2D eigenvalue weighted by molar-refractivity contribution is -0.122. The molecule has 1 rings (SSSR count). The number of carbonyl (C=O) groups excluding carboxylic acids is 2. The molecule has 2 N–H and O–H groups in total. The highest BCUT2D eigenvalue weighted by Gasteiger charge is 2.21. The van der Waals surface area contributed by atoms with Crippen LogP contribution in [0, 0.1) is 5.92 Å². The maximum absolute atomic E-state index is 11.7. The molecule has 0 aliphatic carbocycles. The highest BCUT2D eigenvalue weighted by molar-refractivity contribution is 5.89. The zero-order valence-electron chi connectivity index (χ0n) is 12.3. The smallest absolute Gasteiger partial charge is 0.339 e. The summed E-state index contributed by atoms with van der Waals surface area (Å²) in [5, 5.41) is 5.66. The Morgan fingerprint density at radius 2 is 2.05 bits per heavy atom. The van der Waals surface area contributed by atoms with Gasteiger partial charge in [0, 0.05) is 13.2 Å². The lowest BCUT2D eigenvalue weighted by Gasteiger charge is -2.21. The highest BCUT2D eigenvalue weighted by atomic mass is 16.5. The minimum Gasteiger partial charge on any atom is -0.462 e. The Hall–Kier alpha value is -2.11. The van der Waals surface area contributed by atoms with E-state index < -0.39 is 5.97 Å². The van der Waals surface area contributed by atoms with Gasteiger partial charge in [-0.3, -0.25) is 4.79 Å². The minimum absolute atomic E-state index is 0.101. The van der Waals surface area contributed by atoms with Gasteiger partial charge >= 0.3 is 5.97 Å². The van der Waals surface area contributed by atoms with E-state index in [0.717, 1.165) is 0 Å². The zero-order valence-corrected chi connectivity index (χ0v) is 12.3. The molecule has 0 aliphatic heterocycles. The van der Waals surface area contributed by atoms with Crippen LogP contribution in [0.2, 0.25) is 0 Å². The van der Waals surface area contributed by atoms with E-state index in [2.05, 4.69) is 15.6 Å². The molecule has 6 heteroatoms. The Morgan fingerprint density at radius 3 is 2.50 bits per heavy atom. The van der Waals surface area contributed by atoms with Crippen molar-refractivity contribution in [1.29, 1.82) is 0 Å². The largest absolute Gasteiger partial charge is 0.462 e. The number of ether oxygens (including phenoxy) is 1. The normalized spacial score (nSPS) is 11.8. The van der Waals surface area contributed by atoms with Crippen molar-refractivity contribution < 1.29 is 14.3 Å². The van der Waals surface area contributed by atoms with Gasteiger partial charge in [0.15, 0.2) is 0 Å². The van der Waals surface area contributed by atoms with Gasteiger partial charge in [0.25, 0.3) is 0 Å². The van der Waals surface area contributed by atoms with E-state index in [-0.39, 0.29) is 17.9 Å². The maximum Gasteiger partial charge on any atom is 0.339 e. The lowest BCUT2D eigenvalue weighted by atomic mass is 10.0. The first-order valence-corrected chi connectivity index (χ1v) is 6.60. The van der Waals surface area contributed by atoms with Gasteiger partial charge in [-0.05, 0) is 25.0 Å². The molecular weight excluding hydrogens is 258 g/mol. The third-order valence-electron chi connectivity index (χ3n) is 2.77. The predicted octanol–water partition coefficient (Wildman–Crippen LogP) is 1.44. The molecule has 110 valence electrons. The lowest BCUT2D eigenvalue weighted by Crippen LogP contribution is -2.41. The molecule has 0 spiro atoms. The average molecular weight is 279 g/mol. The van der Waals surface area contributed by atoms with Crippen LogP contribution < -0.4 is 10.6 Å². The van der Waals surface area contributed by atoms with Crippen LogP contribution in [0.15, 0.2) is 18.3 Å². The summed E-state index contributed by atoms with van der Waals surface area (Å²) >= 11 is 0. The molecule has 1 heterocycles. The van der Waals surface area contributed by atoms with Crippen LogP contribution in [0.25, 0.3) is 0 Å². The second-order valence-electron chi connectivity index (χ2n) is 4.63. The summed E-state index contributed by atoms with van der Waals surface area (Å²) in [4.78, 5) is 27.4. The van der Waals surface area contributed by atoms with E-state index >= 15 is 0 Å². The van der Waals surface area contributed by atoms with Gasteiger partial charge < -0.3 is 15.4 Å². The van der Waals surface area contributed by atoms with Crippen LogP contribution in [-0.4, -0.2) is 36.6 Å². The number of nitrogens with one attached hydrogen (secondary N) is 2. The Bertz CT molecular complexity index is 457. The predicted molar refractivity (Wildman–Crippen MR) is 76.5 cm³/mol. The Balaban J connectivity index is 2.77. The quantitative estimate of drug-likeness (QED) is 0.770. The molecule has 0 radical (unpaired) electrons. The topological polar surface area (TPSA) is 80.3 Å². The molecule has 1 aromatic heterocycles. The number of hydrogen-bond donors (Lipinski definition) is 2. The van der Waals surface area contributed by atoms with E-state index in [1.165, 1.54) is 6.20 Å². The number of nitrogens with zero attached hydrogens (tertiary/aromatic N) is 1. The first kappa shape index (κ1) is 15.9. The number of likely N-dealkylation sites (N-methyl/N-ethyl adjacent to an activating group) is 1. The Labute approximate surface area is 118 Å². The fraction of sp³-hybridized carbons (Fsp3) is 0.500. The van der Waals surface area contributed by atoms with E-state index in [1.54, 1.807) is 26.1 Å². The molecule has 1 atom stereocenters. The van der Waals surface area contributed by atoms with Crippen molar-refractivity contribution in [3.8, 4) is 0 Å². The standard InChI is InChI=1S/C14H21N3O3/c1-5-20-14(19)10-6-7-11(16-8-10)17-12(9(2)3)13(18)15-4/h6-9,12H,5H2,1-4H3,(H,15,18)(H,16,17). The second-order valence-corrected chi connectivity index (χ2v) is 4.63. The summed E-state index contributed by atoms with van der Waals surface area (Å²) in [6.07, 6.45) is 1.43. The summed E-state index contributed by atoms with van der Waals surface area (Å²) in [5.74, 6) is 0.149. The van der Waals surface area contributed by atoms with Crippen LogP contribution in [0.1, 0.15) is 31.1 Å². The van der Waals surface area contributed by atoms with Gasteiger partial charge in [-0.15, -0.1) is 0 Å². The molecule has 1 amide bonds. The van der Waals surface area contributed by atoms with Gasteiger partial charge in [0.1, 0.15) is 11.9 Å². The first-order valence-electron chi connectivity index (χ1n) is 6.60. The van der Waals surface area contributed by atoms with Gasteiger partial charge in [-0.1, -0.05) is 13.8 Å². The number of esters is 1. The van der Waals surface area contributed by atoms with Gasteiger partial charge in [0.05, 0.1) is 12.2 Å². The van der Waals surface area contributed by atoms with E-state index in [0.29, 0.717) is 18.0 Å². The number of aromatic nitrogens is 1. The van der Waals surface area contributed by atoms with Gasteiger partial charge in [-0.25, -0.2) is 9.78 Å².